The minimum absolute atomic E-state index is 0.0167. The van der Waals surface area contributed by atoms with Crippen molar-refractivity contribution in [3.8, 4) is 0 Å². The molecule has 140 valence electrons. The van der Waals surface area contributed by atoms with Gasteiger partial charge in [-0.1, -0.05) is 39.7 Å². The molecular formula is C18H19BrClNO4S. The molecule has 26 heavy (non-hydrogen) atoms. The Balaban J connectivity index is 2.27. The van der Waals surface area contributed by atoms with E-state index in [2.05, 4.69) is 15.9 Å². The number of ether oxygens (including phenoxy) is 1. The first-order valence-electron chi connectivity index (χ1n) is 7.98. The molecular weight excluding hydrogens is 442 g/mol. The van der Waals surface area contributed by atoms with Crippen LogP contribution in [0.1, 0.15) is 18.9 Å². The molecule has 2 rings (SSSR count). The number of hydrogen-bond donors (Lipinski definition) is 0. The molecule has 5 nitrogen and oxygen atoms in total. The van der Waals surface area contributed by atoms with Crippen LogP contribution in [0.2, 0.25) is 5.02 Å². The van der Waals surface area contributed by atoms with Gasteiger partial charge in [0.15, 0.2) is 0 Å². The number of rotatable bonds is 8. The lowest BCUT2D eigenvalue weighted by molar-refractivity contribution is -0.143. The second-order valence-electron chi connectivity index (χ2n) is 5.47. The fourth-order valence-electron chi connectivity index (χ4n) is 2.28. The van der Waals surface area contributed by atoms with E-state index >= 15 is 0 Å². The Kier molecular flexibility index (Phi) is 7.64. The average molecular weight is 461 g/mol. The van der Waals surface area contributed by atoms with Crippen molar-refractivity contribution in [2.75, 3.05) is 13.2 Å². The molecule has 0 aliphatic carbocycles. The van der Waals surface area contributed by atoms with Gasteiger partial charge in [-0.05, 0) is 48.9 Å². The maximum Gasteiger partial charge on any atom is 0.307 e. The number of nitrogens with zero attached hydrogens (tertiary/aromatic N) is 1. The summed E-state index contributed by atoms with van der Waals surface area (Å²) in [7, 11) is -3.77. The van der Waals surface area contributed by atoms with Crippen LogP contribution in [0.15, 0.2) is 57.9 Å². The molecule has 0 atom stereocenters. The highest BCUT2D eigenvalue weighted by Gasteiger charge is 2.25. The van der Waals surface area contributed by atoms with E-state index in [9.17, 15) is 13.2 Å². The summed E-state index contributed by atoms with van der Waals surface area (Å²) in [4.78, 5) is 11.9. The molecule has 0 bridgehead atoms. The van der Waals surface area contributed by atoms with E-state index in [1.807, 2.05) is 0 Å². The Labute approximate surface area is 167 Å². The van der Waals surface area contributed by atoms with Crippen molar-refractivity contribution in [1.29, 1.82) is 0 Å². The van der Waals surface area contributed by atoms with Crippen LogP contribution in [0, 0.1) is 0 Å². The van der Waals surface area contributed by atoms with Crippen molar-refractivity contribution < 1.29 is 17.9 Å². The number of sulfonamides is 1. The van der Waals surface area contributed by atoms with Crippen LogP contribution < -0.4 is 0 Å². The van der Waals surface area contributed by atoms with Crippen molar-refractivity contribution >= 4 is 43.5 Å². The molecule has 0 amide bonds. The fourth-order valence-corrected chi connectivity index (χ4v) is 4.10. The van der Waals surface area contributed by atoms with Gasteiger partial charge >= 0.3 is 5.97 Å². The Bertz CT molecular complexity index is 838. The summed E-state index contributed by atoms with van der Waals surface area (Å²) in [6.45, 7) is 2.13. The maximum atomic E-state index is 13.0. The molecule has 0 spiro atoms. The van der Waals surface area contributed by atoms with Crippen LogP contribution in [0.4, 0.5) is 0 Å². The summed E-state index contributed by atoms with van der Waals surface area (Å²) in [5.41, 5.74) is 0.777. The van der Waals surface area contributed by atoms with Gasteiger partial charge in [-0.2, -0.15) is 4.31 Å². The lowest BCUT2D eigenvalue weighted by atomic mass is 10.2. The van der Waals surface area contributed by atoms with Gasteiger partial charge in [-0.3, -0.25) is 4.79 Å². The molecule has 0 aliphatic rings. The minimum atomic E-state index is -3.77. The highest BCUT2D eigenvalue weighted by molar-refractivity contribution is 9.10. The second kappa shape index (κ2) is 9.50. The van der Waals surface area contributed by atoms with Crippen molar-refractivity contribution in [2.45, 2.75) is 24.8 Å². The third kappa shape index (κ3) is 5.81. The first kappa shape index (κ1) is 20.9. The van der Waals surface area contributed by atoms with E-state index in [1.165, 1.54) is 16.4 Å². The quantitative estimate of drug-likeness (QED) is 0.553. The van der Waals surface area contributed by atoms with E-state index < -0.39 is 16.0 Å². The molecule has 2 aromatic carbocycles. The number of benzene rings is 2. The standard InChI is InChI=1S/C18H19BrClNO4S/c1-2-25-18(22)11-12-21(13-14-3-7-16(20)8-4-14)26(23,24)17-9-5-15(19)6-10-17/h3-10H,2,11-13H2,1H3. The summed E-state index contributed by atoms with van der Waals surface area (Å²) in [5, 5.41) is 0.572. The third-order valence-corrected chi connectivity index (χ3v) is 6.23. The lowest BCUT2D eigenvalue weighted by Crippen LogP contribution is -2.33. The van der Waals surface area contributed by atoms with Crippen molar-refractivity contribution in [3.05, 3.63) is 63.6 Å². The number of esters is 1. The molecule has 0 radical (unpaired) electrons. The van der Waals surface area contributed by atoms with Crippen LogP contribution in [-0.4, -0.2) is 31.8 Å². The molecule has 0 saturated heterocycles. The van der Waals surface area contributed by atoms with E-state index in [0.717, 1.165) is 10.0 Å². The number of halogens is 2. The Morgan fingerprint density at radius 3 is 2.31 bits per heavy atom. The lowest BCUT2D eigenvalue weighted by Gasteiger charge is -2.22. The predicted octanol–water partition coefficient (Wildman–Crippen LogP) is 4.25. The Morgan fingerprint density at radius 1 is 1.12 bits per heavy atom. The van der Waals surface area contributed by atoms with Gasteiger partial charge in [0, 0.05) is 22.6 Å². The topological polar surface area (TPSA) is 63.7 Å². The molecule has 0 fully saturated rings. The SMILES string of the molecule is CCOC(=O)CCN(Cc1ccc(Cl)cc1)S(=O)(=O)c1ccc(Br)cc1. The number of hydrogen-bond acceptors (Lipinski definition) is 4. The van der Waals surface area contributed by atoms with Crippen LogP contribution >= 0.6 is 27.5 Å². The van der Waals surface area contributed by atoms with Crippen molar-refractivity contribution in [1.82, 2.24) is 4.31 Å². The Hall–Kier alpha value is -1.41. The number of carbonyl (C=O) groups excluding carboxylic acids is 1. The highest BCUT2D eigenvalue weighted by atomic mass is 79.9. The summed E-state index contributed by atoms with van der Waals surface area (Å²) >= 11 is 9.18. The van der Waals surface area contributed by atoms with Crippen LogP contribution in [0.25, 0.3) is 0 Å². The van der Waals surface area contributed by atoms with Gasteiger partial charge in [0.1, 0.15) is 0 Å². The molecule has 2 aromatic rings. The second-order valence-corrected chi connectivity index (χ2v) is 8.76. The molecule has 0 N–H and O–H groups in total. The summed E-state index contributed by atoms with van der Waals surface area (Å²) in [6.07, 6.45) is -0.0167. The summed E-state index contributed by atoms with van der Waals surface area (Å²) in [6, 6.07) is 13.3. The largest absolute Gasteiger partial charge is 0.466 e. The van der Waals surface area contributed by atoms with Gasteiger partial charge in [-0.25, -0.2) is 8.42 Å². The molecule has 0 heterocycles. The third-order valence-electron chi connectivity index (χ3n) is 3.59. The zero-order chi connectivity index (χ0) is 19.2. The average Bonchev–Trinajstić information content (AvgIpc) is 2.60. The van der Waals surface area contributed by atoms with Crippen molar-refractivity contribution in [2.24, 2.45) is 0 Å². The molecule has 0 aliphatic heterocycles. The van der Waals surface area contributed by atoms with Gasteiger partial charge in [-0.15, -0.1) is 0 Å². The maximum absolute atomic E-state index is 13.0. The monoisotopic (exact) mass is 459 g/mol. The van der Waals surface area contributed by atoms with E-state index in [4.69, 9.17) is 16.3 Å². The summed E-state index contributed by atoms with van der Waals surface area (Å²) in [5.74, 6) is -0.431. The van der Waals surface area contributed by atoms with Crippen LogP contribution in [-0.2, 0) is 26.1 Å². The molecule has 0 unspecified atom stereocenters. The predicted molar refractivity (Wildman–Crippen MR) is 104 cm³/mol. The Morgan fingerprint density at radius 2 is 1.73 bits per heavy atom. The van der Waals surface area contributed by atoms with E-state index in [-0.39, 0.29) is 31.0 Å². The van der Waals surface area contributed by atoms with E-state index in [1.54, 1.807) is 43.3 Å². The fraction of sp³-hybridized carbons (Fsp3) is 0.278. The number of carbonyl (C=O) groups is 1. The molecule has 8 heteroatoms. The zero-order valence-electron chi connectivity index (χ0n) is 14.2. The van der Waals surface area contributed by atoms with Gasteiger partial charge in [0.05, 0.1) is 17.9 Å². The van der Waals surface area contributed by atoms with Crippen LogP contribution in [0.5, 0.6) is 0 Å². The first-order chi connectivity index (χ1) is 12.3. The summed E-state index contributed by atoms with van der Waals surface area (Å²) < 4.78 is 33.0. The first-order valence-corrected chi connectivity index (χ1v) is 10.6. The van der Waals surface area contributed by atoms with Crippen molar-refractivity contribution in [3.63, 3.8) is 0 Å². The van der Waals surface area contributed by atoms with Gasteiger partial charge in [0.25, 0.3) is 0 Å². The molecule has 0 saturated carbocycles. The van der Waals surface area contributed by atoms with Gasteiger partial charge in [0.2, 0.25) is 10.0 Å². The molecule has 0 aromatic heterocycles. The zero-order valence-corrected chi connectivity index (χ0v) is 17.4. The minimum Gasteiger partial charge on any atom is -0.466 e. The smallest absolute Gasteiger partial charge is 0.307 e. The van der Waals surface area contributed by atoms with Gasteiger partial charge < -0.3 is 4.74 Å². The van der Waals surface area contributed by atoms with Crippen LogP contribution in [0.3, 0.4) is 0 Å². The highest BCUT2D eigenvalue weighted by Crippen LogP contribution is 2.22. The normalized spacial score (nSPS) is 11.5. The van der Waals surface area contributed by atoms with E-state index in [0.29, 0.717) is 5.02 Å².